The number of carboxylic acid groups (broad SMARTS) is 1. The molecule has 0 aromatic carbocycles. The first-order chi connectivity index (χ1) is 9.11. The van der Waals surface area contributed by atoms with E-state index in [1.807, 2.05) is 0 Å². The number of carboxylic acids is 1. The molecule has 0 aliphatic carbocycles. The molecule has 1 saturated heterocycles. The molecule has 2 heterocycles. The van der Waals surface area contributed by atoms with Crippen molar-refractivity contribution in [3.63, 3.8) is 0 Å². The van der Waals surface area contributed by atoms with Crippen LogP contribution in [-0.4, -0.2) is 59.2 Å². The lowest BCUT2D eigenvalue weighted by molar-refractivity contribution is -0.0191. The number of aromatic nitrogens is 1. The number of nitrogens with one attached hydrogen (secondary N) is 1. The highest BCUT2D eigenvalue weighted by Crippen LogP contribution is 2.24. The Morgan fingerprint density at radius 1 is 1.68 bits per heavy atom. The van der Waals surface area contributed by atoms with Crippen LogP contribution >= 0.6 is 11.5 Å². The zero-order valence-corrected chi connectivity index (χ0v) is 12.0. The molecule has 1 aromatic rings. The molecule has 1 atom stereocenters. The molecule has 1 fully saturated rings. The molecule has 6 nitrogen and oxygen atoms in total. The Kier molecular flexibility index (Phi) is 4.73. The smallest absolute Gasteiger partial charge is 0.340 e. The van der Waals surface area contributed by atoms with Crippen molar-refractivity contribution in [2.75, 3.05) is 38.1 Å². The first-order valence-electron chi connectivity index (χ1n) is 6.39. The standard InChI is InChI=1S/C12H19N3O3S/c1-3-15-4-5-18-9(7-15)6-13-11-10(12(16)17)8(2)14-19-11/h9,13H,3-7H2,1-2H3,(H,16,17). The molecular weight excluding hydrogens is 266 g/mol. The van der Waals surface area contributed by atoms with Gasteiger partial charge in [0.2, 0.25) is 0 Å². The summed E-state index contributed by atoms with van der Waals surface area (Å²) in [5.41, 5.74) is 0.827. The molecule has 7 heteroatoms. The number of anilines is 1. The fraction of sp³-hybridized carbons (Fsp3) is 0.667. The quantitative estimate of drug-likeness (QED) is 0.849. The Bertz CT molecular complexity index is 449. The van der Waals surface area contributed by atoms with Crippen LogP contribution in [0.15, 0.2) is 0 Å². The van der Waals surface area contributed by atoms with Gasteiger partial charge in [-0.3, -0.25) is 4.90 Å². The minimum Gasteiger partial charge on any atom is -0.478 e. The maximum absolute atomic E-state index is 11.1. The number of carbonyl (C=O) groups is 1. The molecule has 0 radical (unpaired) electrons. The van der Waals surface area contributed by atoms with Crippen LogP contribution < -0.4 is 5.32 Å². The van der Waals surface area contributed by atoms with E-state index in [1.165, 1.54) is 11.5 Å². The minimum atomic E-state index is -0.937. The number of hydrogen-bond acceptors (Lipinski definition) is 6. The summed E-state index contributed by atoms with van der Waals surface area (Å²) in [6, 6.07) is 0. The van der Waals surface area contributed by atoms with E-state index in [0.29, 0.717) is 17.2 Å². The molecule has 2 rings (SSSR count). The van der Waals surface area contributed by atoms with Crippen molar-refractivity contribution in [2.45, 2.75) is 20.0 Å². The van der Waals surface area contributed by atoms with E-state index in [2.05, 4.69) is 21.5 Å². The van der Waals surface area contributed by atoms with Crippen molar-refractivity contribution in [1.82, 2.24) is 9.27 Å². The van der Waals surface area contributed by atoms with Gasteiger partial charge in [0.25, 0.3) is 0 Å². The highest BCUT2D eigenvalue weighted by atomic mass is 32.1. The highest BCUT2D eigenvalue weighted by molar-refractivity contribution is 7.10. The van der Waals surface area contributed by atoms with E-state index in [1.54, 1.807) is 6.92 Å². The largest absolute Gasteiger partial charge is 0.478 e. The number of morpholine rings is 1. The van der Waals surface area contributed by atoms with Gasteiger partial charge in [0.1, 0.15) is 10.6 Å². The number of ether oxygens (including phenoxy) is 1. The first kappa shape index (κ1) is 14.2. The maximum Gasteiger partial charge on any atom is 0.340 e. The SMILES string of the molecule is CCN1CCOC(CNc2snc(C)c2C(=O)O)C1. The zero-order valence-electron chi connectivity index (χ0n) is 11.2. The van der Waals surface area contributed by atoms with Crippen LogP contribution in [0.5, 0.6) is 0 Å². The lowest BCUT2D eigenvalue weighted by atomic mass is 10.2. The summed E-state index contributed by atoms with van der Waals surface area (Å²) < 4.78 is 9.75. The Morgan fingerprint density at radius 3 is 3.16 bits per heavy atom. The van der Waals surface area contributed by atoms with Gasteiger partial charge in [-0.25, -0.2) is 4.79 Å². The van der Waals surface area contributed by atoms with Crippen molar-refractivity contribution < 1.29 is 14.6 Å². The molecule has 1 aliphatic rings. The van der Waals surface area contributed by atoms with Crippen LogP contribution in [0.1, 0.15) is 23.0 Å². The van der Waals surface area contributed by atoms with Crippen molar-refractivity contribution in [1.29, 1.82) is 0 Å². The van der Waals surface area contributed by atoms with Crippen LogP contribution in [0.4, 0.5) is 5.00 Å². The summed E-state index contributed by atoms with van der Waals surface area (Å²) >= 11 is 1.19. The molecule has 0 saturated carbocycles. The van der Waals surface area contributed by atoms with E-state index < -0.39 is 5.97 Å². The Balaban J connectivity index is 1.93. The summed E-state index contributed by atoms with van der Waals surface area (Å²) in [6.07, 6.45) is 0.0951. The Hall–Kier alpha value is -1.18. The van der Waals surface area contributed by atoms with Gasteiger partial charge in [0.15, 0.2) is 0 Å². The number of aromatic carboxylic acids is 1. The molecule has 19 heavy (non-hydrogen) atoms. The molecule has 1 aromatic heterocycles. The van der Waals surface area contributed by atoms with Crippen LogP contribution in [-0.2, 0) is 4.74 Å². The average molecular weight is 285 g/mol. The number of hydrogen-bond donors (Lipinski definition) is 2. The van der Waals surface area contributed by atoms with Gasteiger partial charge in [-0.2, -0.15) is 4.37 Å². The Labute approximate surface area is 116 Å². The molecule has 2 N–H and O–H groups in total. The second-order valence-corrected chi connectivity index (χ2v) is 5.32. The van der Waals surface area contributed by atoms with Crippen molar-refractivity contribution in [3.8, 4) is 0 Å². The first-order valence-corrected chi connectivity index (χ1v) is 7.16. The lowest BCUT2D eigenvalue weighted by Gasteiger charge is -2.32. The Morgan fingerprint density at radius 2 is 2.47 bits per heavy atom. The van der Waals surface area contributed by atoms with Gasteiger partial charge in [-0.05, 0) is 25.0 Å². The van der Waals surface area contributed by atoms with Crippen LogP contribution in [0.3, 0.4) is 0 Å². The summed E-state index contributed by atoms with van der Waals surface area (Å²) in [6.45, 7) is 8.04. The van der Waals surface area contributed by atoms with E-state index in [4.69, 9.17) is 9.84 Å². The zero-order chi connectivity index (χ0) is 13.8. The minimum absolute atomic E-state index is 0.0951. The van der Waals surface area contributed by atoms with E-state index in [0.717, 1.165) is 26.2 Å². The lowest BCUT2D eigenvalue weighted by Crippen LogP contribution is -2.45. The second kappa shape index (κ2) is 6.31. The van der Waals surface area contributed by atoms with Gasteiger partial charge in [0.05, 0.1) is 18.4 Å². The van der Waals surface area contributed by atoms with E-state index in [9.17, 15) is 4.79 Å². The van der Waals surface area contributed by atoms with E-state index in [-0.39, 0.29) is 11.7 Å². The second-order valence-electron chi connectivity index (χ2n) is 4.54. The van der Waals surface area contributed by atoms with Gasteiger partial charge in [0, 0.05) is 19.6 Å². The highest BCUT2D eigenvalue weighted by Gasteiger charge is 2.21. The summed E-state index contributed by atoms with van der Waals surface area (Å²) in [5, 5.41) is 12.9. The number of nitrogens with zero attached hydrogens (tertiary/aromatic N) is 2. The molecule has 0 spiro atoms. The van der Waals surface area contributed by atoms with Crippen molar-refractivity contribution >= 4 is 22.5 Å². The molecule has 106 valence electrons. The van der Waals surface area contributed by atoms with Crippen LogP contribution in [0.2, 0.25) is 0 Å². The number of aryl methyl sites for hydroxylation is 1. The number of likely N-dealkylation sites (N-methyl/N-ethyl adjacent to an activating group) is 1. The third-order valence-electron chi connectivity index (χ3n) is 3.24. The van der Waals surface area contributed by atoms with Gasteiger partial charge in [-0.15, -0.1) is 0 Å². The maximum atomic E-state index is 11.1. The summed E-state index contributed by atoms with van der Waals surface area (Å²) in [4.78, 5) is 13.5. The molecule has 1 unspecified atom stereocenters. The van der Waals surface area contributed by atoms with E-state index >= 15 is 0 Å². The summed E-state index contributed by atoms with van der Waals surface area (Å²) in [7, 11) is 0. The van der Waals surface area contributed by atoms with Crippen molar-refractivity contribution in [2.24, 2.45) is 0 Å². The molecular formula is C12H19N3O3S. The number of rotatable bonds is 5. The topological polar surface area (TPSA) is 74.7 Å². The third kappa shape index (κ3) is 3.43. The average Bonchev–Trinajstić information content (AvgIpc) is 2.78. The third-order valence-corrected chi connectivity index (χ3v) is 4.13. The summed E-state index contributed by atoms with van der Waals surface area (Å²) in [5.74, 6) is -0.937. The van der Waals surface area contributed by atoms with Crippen LogP contribution in [0, 0.1) is 6.92 Å². The van der Waals surface area contributed by atoms with Crippen molar-refractivity contribution in [3.05, 3.63) is 11.3 Å². The molecule has 1 aliphatic heterocycles. The predicted molar refractivity (Wildman–Crippen MR) is 74.2 cm³/mol. The van der Waals surface area contributed by atoms with Gasteiger partial charge >= 0.3 is 5.97 Å². The normalized spacial score (nSPS) is 20.4. The monoisotopic (exact) mass is 285 g/mol. The molecule has 0 bridgehead atoms. The fourth-order valence-corrected chi connectivity index (χ4v) is 2.93. The van der Waals surface area contributed by atoms with Gasteiger partial charge in [-0.1, -0.05) is 6.92 Å². The fourth-order valence-electron chi connectivity index (χ4n) is 2.14. The van der Waals surface area contributed by atoms with Gasteiger partial charge < -0.3 is 15.2 Å². The predicted octanol–water partition coefficient (Wildman–Crippen LogP) is 1.28. The molecule has 0 amide bonds. The van der Waals surface area contributed by atoms with Crippen LogP contribution in [0.25, 0.3) is 0 Å².